The molecule has 0 spiro atoms. The third-order valence-electron chi connectivity index (χ3n) is 6.28. The third-order valence-corrected chi connectivity index (χ3v) is 6.28. The minimum Gasteiger partial charge on any atom is -0.504 e. The Balaban J connectivity index is 1.75. The number of aliphatic hydroxyl groups is 4. The summed E-state index contributed by atoms with van der Waals surface area (Å²) in [7, 11) is 1.16. The number of phenolic OH excluding ortho intramolecular Hbond substituents is 3. The van der Waals surface area contributed by atoms with Gasteiger partial charge in [-0.3, -0.25) is 0 Å². The average molecular weight is 542 g/mol. The van der Waals surface area contributed by atoms with Crippen molar-refractivity contribution in [2.75, 3.05) is 20.3 Å². The molecule has 8 atom stereocenters. The van der Waals surface area contributed by atoms with Gasteiger partial charge in [-0.1, -0.05) is 6.08 Å². The molecule has 0 saturated carbocycles. The van der Waals surface area contributed by atoms with Crippen LogP contribution in [0.15, 0.2) is 36.6 Å². The van der Waals surface area contributed by atoms with Gasteiger partial charge in [0, 0.05) is 11.8 Å². The summed E-state index contributed by atoms with van der Waals surface area (Å²) < 4.78 is 26.6. The molecule has 14 nitrogen and oxygen atoms in total. The number of hydrogen-bond donors (Lipinski definition) is 7. The summed E-state index contributed by atoms with van der Waals surface area (Å²) in [6.07, 6.45) is -6.49. The molecular weight excluding hydrogens is 512 g/mol. The maximum absolute atomic E-state index is 12.4. The smallest absolute Gasteiger partial charge is 0.338 e. The van der Waals surface area contributed by atoms with Crippen molar-refractivity contribution in [1.82, 2.24) is 0 Å². The molecule has 38 heavy (non-hydrogen) atoms. The molecule has 1 saturated heterocycles. The molecule has 14 heteroatoms. The van der Waals surface area contributed by atoms with Gasteiger partial charge in [-0.05, 0) is 18.6 Å². The summed E-state index contributed by atoms with van der Waals surface area (Å²) in [6.45, 7) is 2.80. The first-order valence-corrected chi connectivity index (χ1v) is 11.5. The minimum atomic E-state index is -1.70. The molecule has 2 aliphatic rings. The molecule has 0 radical (unpaired) electrons. The van der Waals surface area contributed by atoms with Crippen molar-refractivity contribution in [1.29, 1.82) is 0 Å². The molecule has 1 fully saturated rings. The highest BCUT2D eigenvalue weighted by atomic mass is 16.8. The lowest BCUT2D eigenvalue weighted by Gasteiger charge is -2.43. The van der Waals surface area contributed by atoms with Crippen molar-refractivity contribution < 1.29 is 69.0 Å². The zero-order valence-electron chi connectivity index (χ0n) is 20.2. The number of aliphatic hydroxyl groups excluding tert-OH is 4. The number of esters is 2. The van der Waals surface area contributed by atoms with Crippen molar-refractivity contribution in [2.24, 2.45) is 11.8 Å². The lowest BCUT2D eigenvalue weighted by molar-refractivity contribution is -0.339. The zero-order valence-corrected chi connectivity index (χ0v) is 20.2. The van der Waals surface area contributed by atoms with Crippen LogP contribution in [0.4, 0.5) is 0 Å². The number of carbonyl (C=O) groups excluding carboxylic acids is 2. The first-order chi connectivity index (χ1) is 18.0. The summed E-state index contributed by atoms with van der Waals surface area (Å²) in [5, 5.41) is 68.4. The molecule has 1 aromatic carbocycles. The summed E-state index contributed by atoms with van der Waals surface area (Å²) in [5.41, 5.74) is -0.181. The lowest BCUT2D eigenvalue weighted by Crippen LogP contribution is -2.60. The molecule has 1 aromatic rings. The molecule has 0 aromatic heterocycles. The molecular formula is C24H30O14. The molecule has 0 bridgehead atoms. The van der Waals surface area contributed by atoms with Crippen LogP contribution in [0.25, 0.3) is 0 Å². The highest BCUT2D eigenvalue weighted by molar-refractivity contribution is 5.91. The van der Waals surface area contributed by atoms with E-state index in [1.807, 2.05) is 0 Å². The second-order valence-corrected chi connectivity index (χ2v) is 8.61. The van der Waals surface area contributed by atoms with Crippen LogP contribution >= 0.6 is 0 Å². The Morgan fingerprint density at radius 3 is 2.26 bits per heavy atom. The van der Waals surface area contributed by atoms with E-state index in [-0.39, 0.29) is 24.2 Å². The summed E-state index contributed by atoms with van der Waals surface area (Å²) >= 11 is 0. The number of benzene rings is 1. The Bertz CT molecular complexity index is 1030. The van der Waals surface area contributed by atoms with E-state index in [0.29, 0.717) is 0 Å². The molecule has 3 rings (SSSR count). The number of rotatable bonds is 9. The maximum Gasteiger partial charge on any atom is 0.338 e. The van der Waals surface area contributed by atoms with Gasteiger partial charge in [-0.2, -0.15) is 0 Å². The summed E-state index contributed by atoms with van der Waals surface area (Å²) in [5.74, 6) is -5.48. The van der Waals surface area contributed by atoms with E-state index in [1.165, 1.54) is 6.08 Å². The Labute approximate surface area is 216 Å². The first-order valence-electron chi connectivity index (χ1n) is 11.5. The number of aromatic hydroxyl groups is 3. The van der Waals surface area contributed by atoms with Crippen LogP contribution in [0.2, 0.25) is 0 Å². The molecule has 7 N–H and O–H groups in total. The van der Waals surface area contributed by atoms with Crippen molar-refractivity contribution in [3.63, 3.8) is 0 Å². The van der Waals surface area contributed by atoms with Gasteiger partial charge in [0.2, 0.25) is 6.29 Å². The van der Waals surface area contributed by atoms with Crippen molar-refractivity contribution in [3.8, 4) is 17.2 Å². The van der Waals surface area contributed by atoms with Gasteiger partial charge in [0.05, 0.1) is 37.7 Å². The van der Waals surface area contributed by atoms with E-state index in [9.17, 15) is 45.3 Å². The fourth-order valence-corrected chi connectivity index (χ4v) is 4.17. The Morgan fingerprint density at radius 1 is 1.03 bits per heavy atom. The van der Waals surface area contributed by atoms with Gasteiger partial charge < -0.3 is 59.4 Å². The van der Waals surface area contributed by atoms with E-state index in [2.05, 4.69) is 6.58 Å². The van der Waals surface area contributed by atoms with Crippen LogP contribution in [-0.2, 0) is 28.5 Å². The van der Waals surface area contributed by atoms with Crippen LogP contribution in [-0.4, -0.2) is 105 Å². The van der Waals surface area contributed by atoms with E-state index in [4.69, 9.17) is 23.7 Å². The lowest BCUT2D eigenvalue weighted by atomic mass is 9.82. The van der Waals surface area contributed by atoms with E-state index < -0.39 is 84.6 Å². The van der Waals surface area contributed by atoms with E-state index in [1.54, 1.807) is 0 Å². The van der Waals surface area contributed by atoms with Gasteiger partial charge in [0.1, 0.15) is 24.4 Å². The van der Waals surface area contributed by atoms with Crippen LogP contribution in [0.5, 0.6) is 17.2 Å². The number of phenols is 3. The van der Waals surface area contributed by atoms with E-state index >= 15 is 0 Å². The number of carbonyl (C=O) groups is 2. The highest BCUT2D eigenvalue weighted by Crippen LogP contribution is 2.38. The normalized spacial score (nSPS) is 31.0. The van der Waals surface area contributed by atoms with Crippen LogP contribution in [0.3, 0.4) is 0 Å². The quantitative estimate of drug-likeness (QED) is 0.113. The highest BCUT2D eigenvalue weighted by Gasteiger charge is 2.47. The second kappa shape index (κ2) is 12.4. The number of methoxy groups -OCH3 is 1. The fourth-order valence-electron chi connectivity index (χ4n) is 4.17. The SMILES string of the molecule is C=C[C@H]1[C@H](OC2O[C@H](CO)[C@@H](O)[C@H](O)[C@H]2O)OC=C(C(=O)OC)[C@H]1CCOC(=O)c1cc(O)c(O)c(O)c1. The zero-order chi connectivity index (χ0) is 28.1. The van der Waals surface area contributed by atoms with Gasteiger partial charge in [0.25, 0.3) is 0 Å². The summed E-state index contributed by atoms with van der Waals surface area (Å²) in [6, 6.07) is 1.81. The van der Waals surface area contributed by atoms with Crippen molar-refractivity contribution >= 4 is 11.9 Å². The van der Waals surface area contributed by atoms with Crippen LogP contribution in [0.1, 0.15) is 16.8 Å². The Kier molecular flexibility index (Phi) is 9.54. The van der Waals surface area contributed by atoms with Crippen LogP contribution < -0.4 is 0 Å². The third kappa shape index (κ3) is 6.01. The predicted molar refractivity (Wildman–Crippen MR) is 123 cm³/mol. The molecule has 0 amide bonds. The fraction of sp³-hybridized carbons (Fsp3) is 0.500. The van der Waals surface area contributed by atoms with Crippen LogP contribution in [0, 0.1) is 11.8 Å². The standard InChI is InChI=1S/C24H30O14/c1-3-11-12(4-5-35-21(32)10-6-14(26)17(28)15(27)7-10)13(22(33)34-2)9-36-23(11)38-24-20(31)19(30)18(29)16(8-25)37-24/h3,6-7,9,11-12,16,18-20,23-31H,1,4-5,8H2,2H3/t11-,12+,16-,18-,19+,20-,23+,24?/m1/s1. The number of ether oxygens (including phenoxy) is 5. The Hall–Kier alpha value is -3.40. The van der Waals surface area contributed by atoms with Crippen molar-refractivity contribution in [3.05, 3.63) is 42.2 Å². The first kappa shape index (κ1) is 29.2. The molecule has 2 aliphatic heterocycles. The predicted octanol–water partition coefficient (Wildman–Crippen LogP) is -1.00. The van der Waals surface area contributed by atoms with Gasteiger partial charge in [-0.15, -0.1) is 6.58 Å². The largest absolute Gasteiger partial charge is 0.504 e. The molecule has 2 heterocycles. The molecule has 210 valence electrons. The van der Waals surface area contributed by atoms with Crippen molar-refractivity contribution in [2.45, 2.75) is 43.4 Å². The van der Waals surface area contributed by atoms with Gasteiger partial charge in [-0.25, -0.2) is 9.59 Å². The topological polar surface area (TPSA) is 222 Å². The Morgan fingerprint density at radius 2 is 1.68 bits per heavy atom. The molecule has 1 unspecified atom stereocenters. The minimum absolute atomic E-state index is 0.0112. The maximum atomic E-state index is 12.4. The van der Waals surface area contributed by atoms with Gasteiger partial charge in [0.15, 0.2) is 23.5 Å². The average Bonchev–Trinajstić information content (AvgIpc) is 2.91. The number of hydrogen-bond acceptors (Lipinski definition) is 14. The monoisotopic (exact) mass is 542 g/mol. The molecule has 0 aliphatic carbocycles. The second-order valence-electron chi connectivity index (χ2n) is 8.61. The van der Waals surface area contributed by atoms with Gasteiger partial charge >= 0.3 is 11.9 Å². The van der Waals surface area contributed by atoms with E-state index in [0.717, 1.165) is 25.5 Å². The summed E-state index contributed by atoms with van der Waals surface area (Å²) in [4.78, 5) is 24.8.